The predicted octanol–water partition coefficient (Wildman–Crippen LogP) is 4.80. The first-order chi connectivity index (χ1) is 8.08. The average Bonchev–Trinajstić information content (AvgIpc) is 2.59. The third kappa shape index (κ3) is 2.27. The molecule has 1 N–H and O–H groups in total. The van der Waals surface area contributed by atoms with Crippen LogP contribution < -0.4 is 0 Å². The molecule has 0 amide bonds. The molecule has 2 rings (SSSR count). The van der Waals surface area contributed by atoms with E-state index in [-0.39, 0.29) is 5.82 Å². The van der Waals surface area contributed by atoms with Crippen molar-refractivity contribution < 1.29 is 4.39 Å². The number of aromatic nitrogens is 2. The molecule has 0 aliphatic carbocycles. The number of aromatic amines is 1. The van der Waals surface area contributed by atoms with E-state index in [0.717, 1.165) is 23.9 Å². The van der Waals surface area contributed by atoms with E-state index in [2.05, 4.69) is 18.8 Å². The molecular weight excluding hydrogens is 350 g/mol. The molecule has 0 saturated carbocycles. The summed E-state index contributed by atoms with van der Waals surface area (Å²) in [5, 5.41) is 0. The lowest BCUT2D eigenvalue weighted by atomic mass is 10.1. The van der Waals surface area contributed by atoms with Crippen LogP contribution in [0.2, 0.25) is 0 Å². The number of fused-ring (bicyclic) bond motifs is 1. The monoisotopic (exact) mass is 364 g/mol. The van der Waals surface area contributed by atoms with Crippen LogP contribution in [-0.4, -0.2) is 9.55 Å². The maximum absolute atomic E-state index is 13.6. The first-order valence-corrected chi connectivity index (χ1v) is 7.16. The summed E-state index contributed by atoms with van der Waals surface area (Å²) in [6.45, 7) is 4.25. The van der Waals surface area contributed by atoms with Crippen LogP contribution in [0, 0.1) is 14.2 Å². The van der Waals surface area contributed by atoms with Crippen molar-refractivity contribution in [3.05, 3.63) is 26.3 Å². The van der Waals surface area contributed by atoms with Crippen molar-refractivity contribution in [3.63, 3.8) is 0 Å². The quantitative estimate of drug-likeness (QED) is 0.613. The number of imidazole rings is 1. The lowest BCUT2D eigenvalue weighted by Crippen LogP contribution is -2.06. The zero-order valence-electron chi connectivity index (χ0n) is 9.76. The molecule has 0 aliphatic rings. The van der Waals surface area contributed by atoms with Crippen molar-refractivity contribution in [2.24, 2.45) is 0 Å². The van der Waals surface area contributed by atoms with Crippen molar-refractivity contribution in [3.8, 4) is 0 Å². The summed E-state index contributed by atoms with van der Waals surface area (Å²) in [4.78, 5) is 3.15. The molecule has 1 heterocycles. The number of rotatable bonds is 3. The molecule has 0 unspecified atom stereocenters. The molecule has 0 spiro atoms. The lowest BCUT2D eigenvalue weighted by molar-refractivity contribution is 0.478. The Morgan fingerprint density at radius 3 is 2.65 bits per heavy atom. The van der Waals surface area contributed by atoms with Crippen LogP contribution in [0.4, 0.5) is 4.39 Å². The molecule has 92 valence electrons. The van der Waals surface area contributed by atoms with Crippen LogP contribution in [0.1, 0.15) is 32.7 Å². The molecular formula is C12H14FIN2S. The number of H-pyrrole nitrogens is 1. The Labute approximate surface area is 118 Å². The number of halogens is 2. The Hall–Kier alpha value is -0.430. The third-order valence-corrected chi connectivity index (χ3v) is 4.19. The van der Waals surface area contributed by atoms with Gasteiger partial charge in [-0.1, -0.05) is 13.8 Å². The van der Waals surface area contributed by atoms with Gasteiger partial charge in [-0.2, -0.15) is 0 Å². The normalized spacial score (nSPS) is 11.6. The molecule has 1 aromatic heterocycles. The SMILES string of the molecule is CCC(CC)n1c(=S)[nH]c2cc(I)c(F)cc21. The van der Waals surface area contributed by atoms with Gasteiger partial charge < -0.3 is 9.55 Å². The van der Waals surface area contributed by atoms with Gasteiger partial charge in [0, 0.05) is 12.1 Å². The van der Waals surface area contributed by atoms with Gasteiger partial charge in [0.1, 0.15) is 5.82 Å². The Kier molecular flexibility index (Phi) is 3.87. The van der Waals surface area contributed by atoms with E-state index in [1.54, 1.807) is 12.1 Å². The molecule has 0 saturated heterocycles. The lowest BCUT2D eigenvalue weighted by Gasteiger charge is -2.15. The van der Waals surface area contributed by atoms with Crippen molar-refractivity contribution in [1.29, 1.82) is 0 Å². The fraction of sp³-hybridized carbons (Fsp3) is 0.417. The van der Waals surface area contributed by atoms with Gasteiger partial charge in [-0.25, -0.2) is 4.39 Å². The van der Waals surface area contributed by atoms with E-state index in [9.17, 15) is 4.39 Å². The number of nitrogens with zero attached hydrogens (tertiary/aromatic N) is 1. The van der Waals surface area contributed by atoms with Crippen molar-refractivity contribution >= 4 is 45.8 Å². The van der Waals surface area contributed by atoms with Crippen LogP contribution in [0.5, 0.6) is 0 Å². The second-order valence-corrected chi connectivity index (χ2v) is 5.60. The fourth-order valence-corrected chi connectivity index (χ4v) is 2.96. The van der Waals surface area contributed by atoms with Crippen molar-refractivity contribution in [2.75, 3.05) is 0 Å². The number of hydrogen-bond acceptors (Lipinski definition) is 1. The summed E-state index contributed by atoms with van der Waals surface area (Å²) < 4.78 is 17.0. The average molecular weight is 364 g/mol. The molecule has 0 atom stereocenters. The largest absolute Gasteiger partial charge is 0.331 e. The molecule has 0 fully saturated rings. The maximum atomic E-state index is 13.6. The summed E-state index contributed by atoms with van der Waals surface area (Å²) in [5.74, 6) is -0.188. The summed E-state index contributed by atoms with van der Waals surface area (Å²) in [7, 11) is 0. The molecule has 0 aliphatic heterocycles. The van der Waals surface area contributed by atoms with Gasteiger partial charge in [-0.05, 0) is 53.7 Å². The highest BCUT2D eigenvalue weighted by atomic mass is 127. The second kappa shape index (κ2) is 5.06. The van der Waals surface area contributed by atoms with Gasteiger partial charge in [-0.3, -0.25) is 0 Å². The first kappa shape index (κ1) is 13.0. The molecule has 0 bridgehead atoms. The first-order valence-electron chi connectivity index (χ1n) is 5.67. The highest BCUT2D eigenvalue weighted by Crippen LogP contribution is 2.26. The molecule has 2 aromatic rings. The van der Waals surface area contributed by atoms with Gasteiger partial charge in [-0.15, -0.1) is 0 Å². The van der Waals surface area contributed by atoms with Gasteiger partial charge in [0.2, 0.25) is 0 Å². The molecule has 17 heavy (non-hydrogen) atoms. The van der Waals surface area contributed by atoms with Crippen LogP contribution in [0.25, 0.3) is 11.0 Å². The topological polar surface area (TPSA) is 20.7 Å². The molecule has 1 aromatic carbocycles. The van der Waals surface area contributed by atoms with E-state index >= 15 is 0 Å². The molecule has 5 heteroatoms. The van der Waals surface area contributed by atoms with Gasteiger partial charge in [0.05, 0.1) is 14.6 Å². The Balaban J connectivity index is 2.74. The summed E-state index contributed by atoms with van der Waals surface area (Å²) in [6, 6.07) is 3.71. The van der Waals surface area contributed by atoms with E-state index in [0.29, 0.717) is 14.4 Å². The van der Waals surface area contributed by atoms with Crippen LogP contribution >= 0.6 is 34.8 Å². The standard InChI is InChI=1S/C12H14FIN2S/c1-3-7(4-2)16-11-5-8(13)9(14)6-10(11)15-12(16)17/h5-7H,3-4H2,1-2H3,(H,15,17). The highest BCUT2D eigenvalue weighted by Gasteiger charge is 2.14. The zero-order valence-corrected chi connectivity index (χ0v) is 12.7. The molecule has 2 nitrogen and oxygen atoms in total. The van der Waals surface area contributed by atoms with Crippen LogP contribution in [0.15, 0.2) is 12.1 Å². The number of nitrogens with one attached hydrogen (secondary N) is 1. The van der Waals surface area contributed by atoms with Gasteiger partial charge in [0.25, 0.3) is 0 Å². The number of hydrogen-bond donors (Lipinski definition) is 1. The van der Waals surface area contributed by atoms with Gasteiger partial charge >= 0.3 is 0 Å². The Morgan fingerprint density at radius 1 is 1.41 bits per heavy atom. The fourth-order valence-electron chi connectivity index (χ4n) is 2.14. The van der Waals surface area contributed by atoms with Gasteiger partial charge in [0.15, 0.2) is 4.77 Å². The predicted molar refractivity (Wildman–Crippen MR) is 79.4 cm³/mol. The van der Waals surface area contributed by atoms with Crippen molar-refractivity contribution in [2.45, 2.75) is 32.7 Å². The van der Waals surface area contributed by atoms with E-state index in [1.807, 2.05) is 27.2 Å². The summed E-state index contributed by atoms with van der Waals surface area (Å²) in [6.07, 6.45) is 1.98. The maximum Gasteiger partial charge on any atom is 0.178 e. The van der Waals surface area contributed by atoms with Crippen molar-refractivity contribution in [1.82, 2.24) is 9.55 Å². The minimum absolute atomic E-state index is 0.188. The van der Waals surface area contributed by atoms with E-state index < -0.39 is 0 Å². The minimum Gasteiger partial charge on any atom is -0.331 e. The van der Waals surface area contributed by atoms with Crippen LogP contribution in [-0.2, 0) is 0 Å². The van der Waals surface area contributed by atoms with E-state index in [4.69, 9.17) is 12.2 Å². The summed E-state index contributed by atoms with van der Waals surface area (Å²) >= 11 is 7.32. The summed E-state index contributed by atoms with van der Waals surface area (Å²) in [5.41, 5.74) is 1.77. The Bertz CT molecular complexity index is 598. The Morgan fingerprint density at radius 2 is 2.06 bits per heavy atom. The highest BCUT2D eigenvalue weighted by molar-refractivity contribution is 14.1. The second-order valence-electron chi connectivity index (χ2n) is 4.05. The third-order valence-electron chi connectivity index (χ3n) is 3.07. The van der Waals surface area contributed by atoms with E-state index in [1.165, 1.54) is 0 Å². The minimum atomic E-state index is -0.188. The van der Waals surface area contributed by atoms with Crippen LogP contribution in [0.3, 0.4) is 0 Å². The number of benzene rings is 1. The smallest absolute Gasteiger partial charge is 0.178 e. The molecule has 0 radical (unpaired) electrons. The zero-order chi connectivity index (χ0) is 12.6.